The summed E-state index contributed by atoms with van der Waals surface area (Å²) in [4.78, 5) is 17.5. The third kappa shape index (κ3) is 8.01. The van der Waals surface area contributed by atoms with Crippen molar-refractivity contribution in [3.63, 3.8) is 0 Å². The van der Waals surface area contributed by atoms with Crippen molar-refractivity contribution >= 4 is 11.6 Å². The summed E-state index contributed by atoms with van der Waals surface area (Å²) in [6, 6.07) is 4.49. The Labute approximate surface area is 244 Å². The molecule has 1 atom stereocenters. The molecule has 1 aliphatic carbocycles. The number of benzene rings is 1. The predicted octanol–water partition coefficient (Wildman–Crippen LogP) is 8.83. The second kappa shape index (κ2) is 15.7. The Bertz CT molecular complexity index is 1210. The van der Waals surface area contributed by atoms with E-state index in [9.17, 15) is 4.79 Å². The van der Waals surface area contributed by atoms with E-state index in [1.54, 1.807) is 6.92 Å². The third-order valence-electron chi connectivity index (χ3n) is 7.84. The molecule has 0 N–H and O–H groups in total. The third-order valence-corrected chi connectivity index (χ3v) is 7.84. The van der Waals surface area contributed by atoms with Crippen LogP contribution in [0.2, 0.25) is 0 Å². The number of hydrogen-bond acceptors (Lipinski definition) is 3. The molecule has 1 unspecified atom stereocenters. The average Bonchev–Trinajstić information content (AvgIpc) is 3.64. The Hall–Kier alpha value is -3.03. The molecule has 1 saturated carbocycles. The molecule has 0 spiro atoms. The summed E-state index contributed by atoms with van der Waals surface area (Å²) in [6.45, 7) is 24.4. The number of aryl methyl sites for hydroxylation is 2. The first-order valence-corrected chi connectivity index (χ1v) is 15.1. The van der Waals surface area contributed by atoms with Crippen LogP contribution in [-0.2, 0) is 16.0 Å². The number of nitrogens with zero attached hydrogens (tertiary/aromatic N) is 2. The standard InChI is InChI=1S/C34H46N2O2.C2H6/c1-10-13-33(37)36(32-20-25(7)27(12-3)21-30(32)28-15-16-28)26(8)14-17-31(23(4)5)35(9)34(24(6)11-2)29-18-19-38-22-29;1-2/h14,17,20-21,28-29H,4,11-12,15-16,18-19,22H2,1-3,5-9H3;1-2H3/b26-14+,31-17+,34-24?;. The molecule has 1 amide bonds. The van der Waals surface area contributed by atoms with Crippen molar-refractivity contribution in [1.29, 1.82) is 0 Å². The first-order chi connectivity index (χ1) is 19.1. The largest absolute Gasteiger partial charge is 0.381 e. The number of carbonyl (C=O) groups is 1. The summed E-state index contributed by atoms with van der Waals surface area (Å²) < 4.78 is 5.74. The number of allylic oxidation sites excluding steroid dienone is 5. The SMILES string of the molecule is C=C(C)/C(=C\C=C(/C)N(C(=O)C#CC)c1cc(C)c(CC)cc1C1CC1)N(C)C(=C(C)CC)C1CCOC1.CC. The van der Waals surface area contributed by atoms with Gasteiger partial charge in [0.15, 0.2) is 0 Å². The van der Waals surface area contributed by atoms with Gasteiger partial charge >= 0.3 is 5.91 Å². The fraction of sp³-hybridized carbons (Fsp3) is 0.528. The average molecular weight is 545 g/mol. The van der Waals surface area contributed by atoms with Crippen LogP contribution in [0.3, 0.4) is 0 Å². The monoisotopic (exact) mass is 544 g/mol. The van der Waals surface area contributed by atoms with E-state index in [0.717, 1.165) is 55.1 Å². The number of anilines is 1. The van der Waals surface area contributed by atoms with Gasteiger partial charge in [0.1, 0.15) is 0 Å². The first-order valence-electron chi connectivity index (χ1n) is 15.1. The predicted molar refractivity (Wildman–Crippen MR) is 171 cm³/mol. The van der Waals surface area contributed by atoms with Gasteiger partial charge in [-0.25, -0.2) is 0 Å². The molecule has 4 nitrogen and oxygen atoms in total. The molecular weight excluding hydrogens is 492 g/mol. The minimum atomic E-state index is -0.198. The van der Waals surface area contributed by atoms with Crippen molar-refractivity contribution in [3.8, 4) is 11.8 Å². The highest BCUT2D eigenvalue weighted by Gasteiger charge is 2.31. The Balaban J connectivity index is 0.00000274. The minimum absolute atomic E-state index is 0.198. The van der Waals surface area contributed by atoms with Crippen molar-refractivity contribution in [3.05, 3.63) is 75.8 Å². The van der Waals surface area contributed by atoms with Crippen LogP contribution < -0.4 is 4.90 Å². The van der Waals surface area contributed by atoms with Crippen LogP contribution in [-0.4, -0.2) is 31.1 Å². The normalized spacial score (nSPS) is 17.7. The number of likely N-dealkylation sites (N-methyl/N-ethyl adjacent to an activating group) is 1. The summed E-state index contributed by atoms with van der Waals surface area (Å²) in [5, 5.41) is 0. The van der Waals surface area contributed by atoms with Crippen LogP contribution in [0.5, 0.6) is 0 Å². The molecule has 40 heavy (non-hydrogen) atoms. The maximum absolute atomic E-state index is 13.4. The minimum Gasteiger partial charge on any atom is -0.381 e. The lowest BCUT2D eigenvalue weighted by molar-refractivity contribution is -0.113. The van der Waals surface area contributed by atoms with Gasteiger partial charge in [-0.3, -0.25) is 9.69 Å². The van der Waals surface area contributed by atoms with Gasteiger partial charge in [0.2, 0.25) is 0 Å². The zero-order chi connectivity index (χ0) is 30.0. The fourth-order valence-electron chi connectivity index (χ4n) is 5.46. The van der Waals surface area contributed by atoms with E-state index in [1.165, 1.54) is 40.8 Å². The van der Waals surface area contributed by atoms with Gasteiger partial charge in [0, 0.05) is 36.7 Å². The van der Waals surface area contributed by atoms with E-state index in [2.05, 4.69) is 76.3 Å². The molecule has 2 fully saturated rings. The Morgan fingerprint density at radius 3 is 2.30 bits per heavy atom. The van der Waals surface area contributed by atoms with E-state index in [-0.39, 0.29) is 5.91 Å². The molecule has 3 rings (SSSR count). The van der Waals surface area contributed by atoms with Crippen molar-refractivity contribution in [1.82, 2.24) is 4.90 Å². The number of ether oxygens (including phenoxy) is 1. The van der Waals surface area contributed by atoms with Gasteiger partial charge < -0.3 is 9.64 Å². The van der Waals surface area contributed by atoms with Gasteiger partial charge in [0.25, 0.3) is 0 Å². The number of carbonyl (C=O) groups excluding carboxylic acids is 1. The smallest absolute Gasteiger partial charge is 0.307 e. The van der Waals surface area contributed by atoms with E-state index in [1.807, 2.05) is 38.7 Å². The highest BCUT2D eigenvalue weighted by Crippen LogP contribution is 2.46. The number of rotatable bonds is 10. The Morgan fingerprint density at radius 1 is 1.12 bits per heavy atom. The lowest BCUT2D eigenvalue weighted by Crippen LogP contribution is -2.29. The summed E-state index contributed by atoms with van der Waals surface area (Å²) in [5.74, 6) is 6.31. The Kier molecular flexibility index (Phi) is 13.0. The lowest BCUT2D eigenvalue weighted by Gasteiger charge is -2.31. The molecule has 0 radical (unpaired) electrons. The van der Waals surface area contributed by atoms with Crippen LogP contribution in [0.4, 0.5) is 5.69 Å². The van der Waals surface area contributed by atoms with Crippen LogP contribution in [0.1, 0.15) is 104 Å². The zero-order valence-electron chi connectivity index (χ0n) is 26.8. The van der Waals surface area contributed by atoms with Gasteiger partial charge in [-0.2, -0.15) is 0 Å². The van der Waals surface area contributed by atoms with Crippen LogP contribution in [0.25, 0.3) is 0 Å². The zero-order valence-corrected chi connectivity index (χ0v) is 26.8. The highest BCUT2D eigenvalue weighted by atomic mass is 16.5. The molecule has 218 valence electrons. The fourth-order valence-corrected chi connectivity index (χ4v) is 5.46. The number of amides is 1. The van der Waals surface area contributed by atoms with E-state index in [0.29, 0.717) is 11.8 Å². The van der Waals surface area contributed by atoms with Crippen LogP contribution in [0.15, 0.2) is 59.1 Å². The molecule has 1 heterocycles. The van der Waals surface area contributed by atoms with Gasteiger partial charge in [-0.15, -0.1) is 0 Å². The van der Waals surface area contributed by atoms with Crippen molar-refractivity contribution < 1.29 is 9.53 Å². The molecule has 2 aliphatic rings. The quantitative estimate of drug-likeness (QED) is 0.218. The molecule has 1 aromatic rings. The molecule has 0 aromatic heterocycles. The second-order valence-corrected chi connectivity index (χ2v) is 10.8. The van der Waals surface area contributed by atoms with E-state index < -0.39 is 0 Å². The summed E-state index contributed by atoms with van der Waals surface area (Å²) in [6.07, 6.45) is 9.49. The van der Waals surface area contributed by atoms with E-state index in [4.69, 9.17) is 4.74 Å². The van der Waals surface area contributed by atoms with Gasteiger partial charge in [-0.1, -0.05) is 51.8 Å². The van der Waals surface area contributed by atoms with Gasteiger partial charge in [0.05, 0.1) is 12.3 Å². The first kappa shape index (κ1) is 33.2. The topological polar surface area (TPSA) is 32.8 Å². The lowest BCUT2D eigenvalue weighted by atomic mass is 9.96. The maximum Gasteiger partial charge on any atom is 0.307 e. The van der Waals surface area contributed by atoms with Crippen molar-refractivity contribution in [2.24, 2.45) is 5.92 Å². The summed E-state index contributed by atoms with van der Waals surface area (Å²) in [5.41, 5.74) is 10.3. The summed E-state index contributed by atoms with van der Waals surface area (Å²) in [7, 11) is 2.13. The molecule has 1 saturated heterocycles. The van der Waals surface area contributed by atoms with Crippen LogP contribution in [0, 0.1) is 24.7 Å². The molecule has 4 heteroatoms. The second-order valence-electron chi connectivity index (χ2n) is 10.8. The highest BCUT2D eigenvalue weighted by molar-refractivity contribution is 6.08. The van der Waals surface area contributed by atoms with E-state index >= 15 is 0 Å². The number of hydrogen-bond donors (Lipinski definition) is 0. The van der Waals surface area contributed by atoms with Crippen LogP contribution >= 0.6 is 0 Å². The Morgan fingerprint density at radius 2 is 1.80 bits per heavy atom. The van der Waals surface area contributed by atoms with Gasteiger partial charge in [-0.05, 0) is 119 Å². The van der Waals surface area contributed by atoms with Crippen molar-refractivity contribution in [2.75, 3.05) is 25.2 Å². The van der Waals surface area contributed by atoms with Crippen molar-refractivity contribution in [2.45, 2.75) is 100 Å². The summed E-state index contributed by atoms with van der Waals surface area (Å²) >= 11 is 0. The molecule has 1 aromatic carbocycles. The molecule has 0 bridgehead atoms. The maximum atomic E-state index is 13.4. The molecular formula is C36H52N2O2. The molecule has 1 aliphatic heterocycles.